The monoisotopic (exact) mass is 417 g/mol. The van der Waals surface area contributed by atoms with E-state index in [1.54, 1.807) is 18.2 Å². The van der Waals surface area contributed by atoms with Crippen LogP contribution in [-0.2, 0) is 4.79 Å². The van der Waals surface area contributed by atoms with Crippen molar-refractivity contribution < 1.29 is 24.2 Å². The number of carbonyl (C=O) groups is 2. The van der Waals surface area contributed by atoms with E-state index in [1.807, 2.05) is 60.7 Å². The van der Waals surface area contributed by atoms with Gasteiger partial charge in [-0.15, -0.1) is 0 Å². The van der Waals surface area contributed by atoms with E-state index < -0.39 is 17.4 Å². The Bertz CT molecular complexity index is 1120. The summed E-state index contributed by atoms with van der Waals surface area (Å²) in [5.74, 6) is -0.376. The van der Waals surface area contributed by atoms with E-state index in [0.29, 0.717) is 17.9 Å². The molecule has 0 aliphatic heterocycles. The molecule has 31 heavy (non-hydrogen) atoms. The molecule has 4 rings (SSSR count). The van der Waals surface area contributed by atoms with Crippen molar-refractivity contribution in [3.63, 3.8) is 0 Å². The van der Waals surface area contributed by atoms with Crippen LogP contribution in [0.2, 0.25) is 0 Å². The van der Waals surface area contributed by atoms with Crippen LogP contribution in [0.15, 0.2) is 78.9 Å². The normalized spacial score (nSPS) is 14.3. The first kappa shape index (κ1) is 20.5. The lowest BCUT2D eigenvalue weighted by Crippen LogP contribution is -2.52. The molecule has 0 bridgehead atoms. The van der Waals surface area contributed by atoms with E-state index >= 15 is 0 Å². The van der Waals surface area contributed by atoms with Gasteiger partial charge in [0.2, 0.25) is 0 Å². The number of fused-ring (bicyclic) bond motifs is 1. The summed E-state index contributed by atoms with van der Waals surface area (Å²) in [6.07, 6.45) is 4.05. The maximum absolute atomic E-state index is 13.1. The van der Waals surface area contributed by atoms with Crippen LogP contribution in [0, 0.1) is 0 Å². The Balaban J connectivity index is 1.56. The zero-order valence-corrected chi connectivity index (χ0v) is 16.9. The van der Waals surface area contributed by atoms with Gasteiger partial charge in [0.15, 0.2) is 0 Å². The van der Waals surface area contributed by atoms with Gasteiger partial charge < -0.3 is 19.9 Å². The van der Waals surface area contributed by atoms with Crippen molar-refractivity contribution >= 4 is 22.6 Å². The fraction of sp³-hybridized carbons (Fsp3) is 0.200. The molecule has 0 spiro atoms. The van der Waals surface area contributed by atoms with Crippen LogP contribution in [-0.4, -0.2) is 35.7 Å². The molecular formula is C25H23NO5. The molecule has 6 nitrogen and oxygen atoms in total. The van der Waals surface area contributed by atoms with Crippen LogP contribution in [0.1, 0.15) is 23.2 Å². The Morgan fingerprint density at radius 1 is 0.871 bits per heavy atom. The summed E-state index contributed by atoms with van der Waals surface area (Å²) >= 11 is 0. The number of carboxylic acid groups (broad SMARTS) is 1. The van der Waals surface area contributed by atoms with Crippen LogP contribution in [0.4, 0.5) is 0 Å². The van der Waals surface area contributed by atoms with Crippen LogP contribution < -0.4 is 14.8 Å². The summed E-state index contributed by atoms with van der Waals surface area (Å²) in [5, 5.41) is 14.1. The highest BCUT2D eigenvalue weighted by Gasteiger charge is 2.41. The van der Waals surface area contributed by atoms with Gasteiger partial charge in [0.1, 0.15) is 30.3 Å². The SMILES string of the molecule is O=C(NC1(C(=O)O)CC=CC1)c1ccc2ccccc2c1OCCOc1ccccc1. The molecule has 1 aliphatic rings. The molecule has 0 radical (unpaired) electrons. The molecule has 0 atom stereocenters. The van der Waals surface area contributed by atoms with E-state index in [0.717, 1.165) is 16.5 Å². The van der Waals surface area contributed by atoms with Crippen LogP contribution in [0.25, 0.3) is 10.8 Å². The molecule has 0 aromatic heterocycles. The van der Waals surface area contributed by atoms with Gasteiger partial charge >= 0.3 is 5.97 Å². The van der Waals surface area contributed by atoms with Gasteiger partial charge in [0, 0.05) is 5.39 Å². The number of para-hydroxylation sites is 1. The molecule has 3 aromatic carbocycles. The number of benzene rings is 3. The minimum Gasteiger partial charge on any atom is -0.490 e. The van der Waals surface area contributed by atoms with E-state index in [2.05, 4.69) is 5.32 Å². The number of amides is 1. The first-order valence-electron chi connectivity index (χ1n) is 10.1. The van der Waals surface area contributed by atoms with Crippen LogP contribution >= 0.6 is 0 Å². The number of carboxylic acids is 1. The topological polar surface area (TPSA) is 84.9 Å². The maximum Gasteiger partial charge on any atom is 0.330 e. The Morgan fingerprint density at radius 2 is 1.55 bits per heavy atom. The minimum absolute atomic E-state index is 0.231. The molecule has 0 saturated heterocycles. The third-order valence-corrected chi connectivity index (χ3v) is 5.33. The third-order valence-electron chi connectivity index (χ3n) is 5.33. The molecular weight excluding hydrogens is 394 g/mol. The second-order valence-corrected chi connectivity index (χ2v) is 7.39. The van der Waals surface area contributed by atoms with Crippen molar-refractivity contribution in [3.05, 3.63) is 84.4 Å². The predicted molar refractivity (Wildman–Crippen MR) is 118 cm³/mol. The lowest BCUT2D eigenvalue weighted by Gasteiger charge is -2.26. The average Bonchev–Trinajstić information content (AvgIpc) is 3.27. The summed E-state index contributed by atoms with van der Waals surface area (Å²) < 4.78 is 11.7. The zero-order chi connectivity index (χ0) is 21.7. The lowest BCUT2D eigenvalue weighted by molar-refractivity contribution is -0.144. The van der Waals surface area contributed by atoms with E-state index in [1.165, 1.54) is 0 Å². The summed E-state index contributed by atoms with van der Waals surface area (Å²) in [6.45, 7) is 0.534. The Morgan fingerprint density at radius 3 is 2.29 bits per heavy atom. The summed E-state index contributed by atoms with van der Waals surface area (Å²) in [6, 6.07) is 20.5. The summed E-state index contributed by atoms with van der Waals surface area (Å²) in [4.78, 5) is 24.9. The fourth-order valence-corrected chi connectivity index (χ4v) is 3.66. The molecule has 2 N–H and O–H groups in total. The standard InChI is InChI=1S/C25H23NO5/c27-23(26-25(24(28)29)14-6-7-15-25)21-13-12-18-8-4-5-11-20(18)22(21)31-17-16-30-19-9-2-1-3-10-19/h1-13H,14-17H2,(H,26,27)(H,28,29). The third kappa shape index (κ3) is 4.38. The first-order chi connectivity index (χ1) is 15.1. The maximum atomic E-state index is 13.1. The van der Waals surface area contributed by atoms with Gasteiger partial charge in [-0.3, -0.25) is 4.79 Å². The van der Waals surface area contributed by atoms with Crippen LogP contribution in [0.3, 0.4) is 0 Å². The molecule has 0 unspecified atom stereocenters. The molecule has 6 heteroatoms. The molecule has 158 valence electrons. The smallest absolute Gasteiger partial charge is 0.330 e. The molecule has 0 saturated carbocycles. The van der Waals surface area contributed by atoms with Crippen molar-refractivity contribution in [1.29, 1.82) is 0 Å². The van der Waals surface area contributed by atoms with E-state index in [4.69, 9.17) is 9.47 Å². The largest absolute Gasteiger partial charge is 0.490 e. The quantitative estimate of drug-likeness (QED) is 0.424. The van der Waals surface area contributed by atoms with E-state index in [9.17, 15) is 14.7 Å². The van der Waals surface area contributed by atoms with Crippen molar-refractivity contribution in [3.8, 4) is 11.5 Å². The number of carbonyl (C=O) groups excluding carboxylic acids is 1. The predicted octanol–water partition coefficient (Wildman–Crippen LogP) is 4.20. The Hall–Kier alpha value is -3.80. The molecule has 3 aromatic rings. The highest BCUT2D eigenvalue weighted by molar-refractivity contribution is 6.05. The van der Waals surface area contributed by atoms with Crippen molar-refractivity contribution in [1.82, 2.24) is 5.32 Å². The van der Waals surface area contributed by atoms with Gasteiger partial charge in [-0.2, -0.15) is 0 Å². The average molecular weight is 417 g/mol. The summed E-state index contributed by atoms with van der Waals surface area (Å²) in [5.41, 5.74) is -1.03. The highest BCUT2D eigenvalue weighted by atomic mass is 16.5. The Kier molecular flexibility index (Phi) is 5.89. The Labute approximate surface area is 180 Å². The first-order valence-corrected chi connectivity index (χ1v) is 10.1. The minimum atomic E-state index is -1.32. The van der Waals surface area contributed by atoms with Crippen molar-refractivity contribution in [2.45, 2.75) is 18.4 Å². The highest BCUT2D eigenvalue weighted by Crippen LogP contribution is 2.32. The van der Waals surface area contributed by atoms with Gasteiger partial charge in [-0.25, -0.2) is 4.79 Å². The van der Waals surface area contributed by atoms with Gasteiger partial charge in [-0.05, 0) is 36.4 Å². The second kappa shape index (κ2) is 8.92. The number of nitrogens with one attached hydrogen (secondary N) is 1. The van der Waals surface area contributed by atoms with Gasteiger partial charge in [-0.1, -0.05) is 60.7 Å². The van der Waals surface area contributed by atoms with Crippen molar-refractivity contribution in [2.75, 3.05) is 13.2 Å². The van der Waals surface area contributed by atoms with Crippen LogP contribution in [0.5, 0.6) is 11.5 Å². The molecule has 0 fully saturated rings. The number of ether oxygens (including phenoxy) is 2. The molecule has 0 heterocycles. The molecule has 1 amide bonds. The van der Waals surface area contributed by atoms with E-state index in [-0.39, 0.29) is 19.4 Å². The number of rotatable bonds is 8. The van der Waals surface area contributed by atoms with Gasteiger partial charge in [0.05, 0.1) is 5.56 Å². The lowest BCUT2D eigenvalue weighted by atomic mass is 9.95. The summed E-state index contributed by atoms with van der Waals surface area (Å²) in [7, 11) is 0. The fourth-order valence-electron chi connectivity index (χ4n) is 3.66. The number of aliphatic carboxylic acids is 1. The number of hydrogen-bond acceptors (Lipinski definition) is 4. The van der Waals surface area contributed by atoms with Gasteiger partial charge in [0.25, 0.3) is 5.91 Å². The van der Waals surface area contributed by atoms with Crippen molar-refractivity contribution in [2.24, 2.45) is 0 Å². The second-order valence-electron chi connectivity index (χ2n) is 7.39. The zero-order valence-electron chi connectivity index (χ0n) is 16.9. The number of hydrogen-bond donors (Lipinski definition) is 2. The molecule has 1 aliphatic carbocycles.